The van der Waals surface area contributed by atoms with Gasteiger partial charge in [0.15, 0.2) is 5.82 Å². The normalized spacial score (nSPS) is 17.0. The van der Waals surface area contributed by atoms with Crippen molar-refractivity contribution in [2.75, 3.05) is 63.2 Å². The lowest BCUT2D eigenvalue weighted by molar-refractivity contribution is -0.104. The van der Waals surface area contributed by atoms with E-state index in [2.05, 4.69) is 9.80 Å². The largest absolute Gasteiger partial charge is 0.506 e. The average Bonchev–Trinajstić information content (AvgIpc) is 2.84. The van der Waals surface area contributed by atoms with E-state index in [4.69, 9.17) is 14.7 Å². The van der Waals surface area contributed by atoms with E-state index < -0.39 is 5.82 Å². The summed E-state index contributed by atoms with van der Waals surface area (Å²) in [5, 5.41) is 10.4. The van der Waals surface area contributed by atoms with E-state index in [0.29, 0.717) is 37.6 Å². The van der Waals surface area contributed by atoms with Crippen LogP contribution in [0.2, 0.25) is 0 Å². The summed E-state index contributed by atoms with van der Waals surface area (Å²) in [6.07, 6.45) is 4.61. The fourth-order valence-electron chi connectivity index (χ4n) is 4.82. The standard InChI is InChI=1S/C26H35FN6O3/c1-18-6-7-22(35)24(23(18)27)33-10-8-20-21(17-33)28-26(36-19(2)16-30(3)4)29-25(20)32-13-11-31(12-14-32)9-5-15-34/h5-7,9,15,19,35H,8,10-14,16-17H2,1-4H3/t19-/m1/s1. The van der Waals surface area contributed by atoms with Gasteiger partial charge in [-0.1, -0.05) is 6.07 Å². The number of anilines is 2. The molecule has 3 heterocycles. The van der Waals surface area contributed by atoms with Gasteiger partial charge in [-0.05, 0) is 52.1 Å². The number of ether oxygens (including phenoxy) is 1. The van der Waals surface area contributed by atoms with Crippen LogP contribution in [-0.2, 0) is 17.8 Å². The highest BCUT2D eigenvalue weighted by Gasteiger charge is 2.30. The van der Waals surface area contributed by atoms with E-state index in [9.17, 15) is 14.3 Å². The molecule has 4 rings (SSSR count). The third-order valence-corrected chi connectivity index (χ3v) is 6.55. The van der Waals surface area contributed by atoms with Crippen LogP contribution in [0.4, 0.5) is 15.9 Å². The summed E-state index contributed by atoms with van der Waals surface area (Å²) in [6.45, 7) is 8.30. The topological polar surface area (TPSA) is 85.3 Å². The van der Waals surface area contributed by atoms with Gasteiger partial charge < -0.3 is 29.4 Å². The molecule has 0 aliphatic carbocycles. The quantitative estimate of drug-likeness (QED) is 0.435. The number of likely N-dealkylation sites (N-methyl/N-ethyl adjacent to an activating group) is 1. The monoisotopic (exact) mass is 498 g/mol. The minimum atomic E-state index is -0.414. The van der Waals surface area contributed by atoms with Gasteiger partial charge >= 0.3 is 6.01 Å². The first-order chi connectivity index (χ1) is 17.3. The zero-order valence-corrected chi connectivity index (χ0v) is 21.4. The number of phenols is 1. The van der Waals surface area contributed by atoms with Crippen molar-refractivity contribution in [2.45, 2.75) is 32.9 Å². The molecule has 10 heteroatoms. The van der Waals surface area contributed by atoms with Gasteiger partial charge in [-0.25, -0.2) is 4.39 Å². The lowest BCUT2D eigenvalue weighted by Gasteiger charge is -2.38. The van der Waals surface area contributed by atoms with Gasteiger partial charge in [0.1, 0.15) is 29.6 Å². The fraction of sp³-hybridized carbons (Fsp3) is 0.500. The maximum absolute atomic E-state index is 15.0. The molecule has 1 fully saturated rings. The van der Waals surface area contributed by atoms with Gasteiger partial charge in [0.2, 0.25) is 0 Å². The first-order valence-corrected chi connectivity index (χ1v) is 12.3. The van der Waals surface area contributed by atoms with Gasteiger partial charge in [0.05, 0.1) is 12.2 Å². The molecule has 1 aromatic heterocycles. The molecule has 1 atom stereocenters. The fourth-order valence-corrected chi connectivity index (χ4v) is 4.82. The van der Waals surface area contributed by atoms with Crippen molar-refractivity contribution in [2.24, 2.45) is 0 Å². The number of aromatic hydroxyl groups is 1. The number of halogens is 1. The number of fused-ring (bicyclic) bond motifs is 1. The molecule has 2 aliphatic rings. The number of carbonyl (C=O) groups is 1. The molecule has 9 nitrogen and oxygen atoms in total. The minimum absolute atomic E-state index is 0.0774. The Bertz CT molecular complexity index is 1120. The van der Waals surface area contributed by atoms with Crippen LogP contribution in [0.15, 0.2) is 24.4 Å². The smallest absolute Gasteiger partial charge is 0.318 e. The lowest BCUT2D eigenvalue weighted by Crippen LogP contribution is -2.45. The first kappa shape index (κ1) is 25.7. The molecule has 2 aliphatic heterocycles. The molecule has 0 radical (unpaired) electrons. The van der Waals surface area contributed by atoms with E-state index >= 15 is 0 Å². The molecule has 1 N–H and O–H groups in total. The molecule has 1 aromatic carbocycles. The summed E-state index contributed by atoms with van der Waals surface area (Å²) < 4.78 is 21.1. The Morgan fingerprint density at radius 2 is 1.92 bits per heavy atom. The lowest BCUT2D eigenvalue weighted by atomic mass is 10.0. The number of aldehydes is 1. The molecule has 0 bridgehead atoms. The van der Waals surface area contributed by atoms with Crippen LogP contribution in [0.3, 0.4) is 0 Å². The molecule has 0 unspecified atom stereocenters. The van der Waals surface area contributed by atoms with Crippen LogP contribution < -0.4 is 14.5 Å². The van der Waals surface area contributed by atoms with Crippen LogP contribution in [0.1, 0.15) is 23.7 Å². The van der Waals surface area contributed by atoms with Gasteiger partial charge in [-0.3, -0.25) is 4.79 Å². The summed E-state index contributed by atoms with van der Waals surface area (Å²) in [4.78, 5) is 28.5. The summed E-state index contributed by atoms with van der Waals surface area (Å²) in [6, 6.07) is 3.41. The second kappa shape index (κ2) is 11.1. The van der Waals surface area contributed by atoms with E-state index in [0.717, 1.165) is 49.5 Å². The SMILES string of the molecule is Cc1ccc(O)c(N2CCc3c(nc(O[C@H](C)CN(C)C)nc3N3CCN(C=CC=O)CC3)C2)c1F. The Hall–Kier alpha value is -3.40. The van der Waals surface area contributed by atoms with E-state index in [1.807, 2.05) is 37.0 Å². The van der Waals surface area contributed by atoms with Crippen molar-refractivity contribution in [1.29, 1.82) is 0 Å². The maximum Gasteiger partial charge on any atom is 0.318 e. The number of benzene rings is 1. The summed E-state index contributed by atoms with van der Waals surface area (Å²) in [7, 11) is 3.97. The third-order valence-electron chi connectivity index (χ3n) is 6.55. The van der Waals surface area contributed by atoms with Crippen molar-refractivity contribution < 1.29 is 19.0 Å². The highest BCUT2D eigenvalue weighted by Crippen LogP contribution is 2.37. The van der Waals surface area contributed by atoms with Crippen molar-refractivity contribution >= 4 is 17.8 Å². The Morgan fingerprint density at radius 1 is 1.17 bits per heavy atom. The van der Waals surface area contributed by atoms with Crippen LogP contribution in [-0.4, -0.2) is 90.6 Å². The van der Waals surface area contributed by atoms with Crippen LogP contribution >= 0.6 is 0 Å². The van der Waals surface area contributed by atoms with Crippen LogP contribution in [0.5, 0.6) is 11.8 Å². The van der Waals surface area contributed by atoms with Crippen molar-refractivity contribution in [1.82, 2.24) is 19.8 Å². The van der Waals surface area contributed by atoms with Crippen molar-refractivity contribution in [3.05, 3.63) is 47.0 Å². The zero-order chi connectivity index (χ0) is 25.8. The number of hydrogen-bond acceptors (Lipinski definition) is 9. The van der Waals surface area contributed by atoms with Gasteiger partial charge in [-0.2, -0.15) is 9.97 Å². The minimum Gasteiger partial charge on any atom is -0.506 e. The highest BCUT2D eigenvalue weighted by molar-refractivity contribution is 5.64. The van der Waals surface area contributed by atoms with E-state index in [1.54, 1.807) is 13.0 Å². The highest BCUT2D eigenvalue weighted by atomic mass is 19.1. The maximum atomic E-state index is 15.0. The van der Waals surface area contributed by atoms with Gasteiger partial charge in [0, 0.05) is 51.0 Å². The summed E-state index contributed by atoms with van der Waals surface area (Å²) in [5.74, 6) is 0.356. The Balaban J connectivity index is 1.65. The summed E-state index contributed by atoms with van der Waals surface area (Å²) >= 11 is 0. The molecule has 0 saturated carbocycles. The van der Waals surface area contributed by atoms with Crippen molar-refractivity contribution in [3.8, 4) is 11.8 Å². The second-order valence-electron chi connectivity index (χ2n) is 9.68. The number of piperazine rings is 1. The number of rotatable bonds is 8. The average molecular weight is 499 g/mol. The number of phenolic OH excluding ortho intramolecular Hbond substituents is 1. The van der Waals surface area contributed by atoms with Crippen LogP contribution in [0.25, 0.3) is 0 Å². The number of hydrogen-bond donors (Lipinski definition) is 1. The molecule has 0 amide bonds. The molecular formula is C26H35FN6O3. The summed E-state index contributed by atoms with van der Waals surface area (Å²) in [5.41, 5.74) is 2.50. The number of aromatic nitrogens is 2. The molecule has 1 saturated heterocycles. The Kier molecular flexibility index (Phi) is 7.93. The van der Waals surface area contributed by atoms with E-state index in [-0.39, 0.29) is 17.5 Å². The molecule has 0 spiro atoms. The van der Waals surface area contributed by atoms with Crippen molar-refractivity contribution in [3.63, 3.8) is 0 Å². The molecular weight excluding hydrogens is 463 g/mol. The number of allylic oxidation sites excluding steroid dienone is 1. The number of nitrogens with zero attached hydrogens (tertiary/aromatic N) is 6. The second-order valence-corrected chi connectivity index (χ2v) is 9.68. The molecule has 2 aromatic rings. The van der Waals surface area contributed by atoms with Gasteiger partial charge in [0.25, 0.3) is 0 Å². The number of aryl methyl sites for hydroxylation is 1. The molecule has 194 valence electrons. The zero-order valence-electron chi connectivity index (χ0n) is 21.4. The Morgan fingerprint density at radius 3 is 2.61 bits per heavy atom. The first-order valence-electron chi connectivity index (χ1n) is 12.3. The predicted molar refractivity (Wildman–Crippen MR) is 137 cm³/mol. The molecule has 36 heavy (non-hydrogen) atoms. The Labute approximate surface area is 211 Å². The van der Waals surface area contributed by atoms with E-state index in [1.165, 1.54) is 12.1 Å². The van der Waals surface area contributed by atoms with Gasteiger partial charge in [-0.15, -0.1) is 0 Å². The van der Waals surface area contributed by atoms with Crippen LogP contribution in [0, 0.1) is 12.7 Å². The number of carbonyl (C=O) groups excluding carboxylic acids is 1. The predicted octanol–water partition coefficient (Wildman–Crippen LogP) is 2.36. The third kappa shape index (κ3) is 5.70.